The highest BCUT2D eigenvalue weighted by Gasteiger charge is 2.30. The average Bonchev–Trinajstić information content (AvgIpc) is 2.41. The Balaban J connectivity index is 2.37. The van der Waals surface area contributed by atoms with Gasteiger partial charge in [-0.25, -0.2) is 0 Å². The second-order valence-corrected chi connectivity index (χ2v) is 4.81. The van der Waals surface area contributed by atoms with E-state index in [1.54, 1.807) is 0 Å². The maximum Gasteiger partial charge on any atom is 0.416 e. The molecule has 112 valence electrons. The van der Waals surface area contributed by atoms with Crippen LogP contribution in [0.1, 0.15) is 41.6 Å². The standard InChI is InChI=1S/C14H17ClF3NO/c15-9-3-1-2-4-10-19-13(20)11-5-7-12(8-6-11)14(16,17)18/h5-8H,1-4,9-10H2,(H,19,20). The molecule has 20 heavy (non-hydrogen) atoms. The predicted octanol–water partition coefficient (Wildman–Crippen LogP) is 4.23. The van der Waals surface area contributed by atoms with Gasteiger partial charge in [0.15, 0.2) is 0 Å². The monoisotopic (exact) mass is 307 g/mol. The molecule has 0 heterocycles. The van der Waals surface area contributed by atoms with Crippen LogP contribution < -0.4 is 5.32 Å². The first-order chi connectivity index (χ1) is 9.45. The molecule has 1 rings (SSSR count). The van der Waals surface area contributed by atoms with Gasteiger partial charge in [0.25, 0.3) is 5.91 Å². The molecule has 1 aromatic rings. The van der Waals surface area contributed by atoms with E-state index in [0.29, 0.717) is 12.4 Å². The van der Waals surface area contributed by atoms with Gasteiger partial charge in [-0.1, -0.05) is 12.8 Å². The molecule has 2 nitrogen and oxygen atoms in total. The fourth-order valence-corrected chi connectivity index (χ4v) is 1.88. The van der Waals surface area contributed by atoms with Crippen LogP contribution in [-0.4, -0.2) is 18.3 Å². The van der Waals surface area contributed by atoms with Gasteiger partial charge in [-0.3, -0.25) is 4.79 Å². The van der Waals surface area contributed by atoms with Crippen LogP contribution in [0.2, 0.25) is 0 Å². The summed E-state index contributed by atoms with van der Waals surface area (Å²) in [6, 6.07) is 4.20. The third kappa shape index (κ3) is 5.82. The first-order valence-electron chi connectivity index (χ1n) is 6.46. The zero-order chi connectivity index (χ0) is 15.0. The topological polar surface area (TPSA) is 29.1 Å². The fourth-order valence-electron chi connectivity index (χ4n) is 1.69. The van der Waals surface area contributed by atoms with Gasteiger partial charge in [0, 0.05) is 18.0 Å². The van der Waals surface area contributed by atoms with Gasteiger partial charge in [-0.05, 0) is 37.1 Å². The van der Waals surface area contributed by atoms with E-state index in [4.69, 9.17) is 11.6 Å². The molecule has 0 saturated carbocycles. The molecule has 0 unspecified atom stereocenters. The SMILES string of the molecule is O=C(NCCCCCCCl)c1ccc(C(F)(F)F)cc1. The average molecular weight is 308 g/mol. The van der Waals surface area contributed by atoms with Crippen LogP contribution in [0.4, 0.5) is 13.2 Å². The number of nitrogens with one attached hydrogen (secondary N) is 1. The highest BCUT2D eigenvalue weighted by Crippen LogP contribution is 2.29. The quantitative estimate of drug-likeness (QED) is 0.592. The zero-order valence-electron chi connectivity index (χ0n) is 11.0. The largest absolute Gasteiger partial charge is 0.416 e. The summed E-state index contributed by atoms with van der Waals surface area (Å²) in [5, 5.41) is 2.68. The fraction of sp³-hybridized carbons (Fsp3) is 0.500. The van der Waals surface area contributed by atoms with Crippen molar-refractivity contribution < 1.29 is 18.0 Å². The van der Waals surface area contributed by atoms with Gasteiger partial charge < -0.3 is 5.32 Å². The lowest BCUT2D eigenvalue weighted by molar-refractivity contribution is -0.137. The van der Waals surface area contributed by atoms with Crippen LogP contribution in [0.25, 0.3) is 0 Å². The molecule has 0 saturated heterocycles. The van der Waals surface area contributed by atoms with E-state index in [-0.39, 0.29) is 11.5 Å². The van der Waals surface area contributed by atoms with E-state index in [1.807, 2.05) is 0 Å². The number of rotatable bonds is 7. The minimum Gasteiger partial charge on any atom is -0.352 e. The van der Waals surface area contributed by atoms with Gasteiger partial charge in [0.1, 0.15) is 0 Å². The normalized spacial score (nSPS) is 11.4. The Labute approximate surface area is 121 Å². The van der Waals surface area contributed by atoms with Crippen molar-refractivity contribution >= 4 is 17.5 Å². The summed E-state index contributed by atoms with van der Waals surface area (Å²) < 4.78 is 37.1. The van der Waals surface area contributed by atoms with Gasteiger partial charge in [-0.2, -0.15) is 13.2 Å². The molecule has 0 aliphatic heterocycles. The van der Waals surface area contributed by atoms with Crippen LogP contribution >= 0.6 is 11.6 Å². The molecule has 1 aromatic carbocycles. The number of benzene rings is 1. The lowest BCUT2D eigenvalue weighted by Gasteiger charge is -2.08. The Bertz CT molecular complexity index is 417. The number of carbonyl (C=O) groups excluding carboxylic acids is 1. The van der Waals surface area contributed by atoms with Crippen LogP contribution in [0, 0.1) is 0 Å². The van der Waals surface area contributed by atoms with Gasteiger partial charge in [-0.15, -0.1) is 11.6 Å². The van der Waals surface area contributed by atoms with Gasteiger partial charge in [0.05, 0.1) is 5.56 Å². The molecular formula is C14H17ClF3NO. The number of halogens is 4. The number of carbonyl (C=O) groups is 1. The van der Waals surface area contributed by atoms with Crippen molar-refractivity contribution in [2.24, 2.45) is 0 Å². The van der Waals surface area contributed by atoms with E-state index in [9.17, 15) is 18.0 Å². The van der Waals surface area contributed by atoms with Crippen molar-refractivity contribution in [3.63, 3.8) is 0 Å². The van der Waals surface area contributed by atoms with E-state index >= 15 is 0 Å². The molecule has 0 aromatic heterocycles. The third-order valence-electron chi connectivity index (χ3n) is 2.82. The summed E-state index contributed by atoms with van der Waals surface area (Å²) >= 11 is 5.54. The first kappa shape index (κ1) is 16.8. The lowest BCUT2D eigenvalue weighted by atomic mass is 10.1. The van der Waals surface area contributed by atoms with Gasteiger partial charge >= 0.3 is 6.18 Å². The van der Waals surface area contributed by atoms with Crippen LogP contribution in [0.5, 0.6) is 0 Å². The molecule has 1 amide bonds. The lowest BCUT2D eigenvalue weighted by Crippen LogP contribution is -2.24. The summed E-state index contributed by atoms with van der Waals surface area (Å²) in [4.78, 5) is 11.7. The summed E-state index contributed by atoms with van der Waals surface area (Å²) in [5.74, 6) is 0.286. The summed E-state index contributed by atoms with van der Waals surface area (Å²) in [6.45, 7) is 0.516. The van der Waals surface area contributed by atoms with Crippen molar-refractivity contribution in [2.45, 2.75) is 31.9 Å². The van der Waals surface area contributed by atoms with Crippen molar-refractivity contribution in [1.82, 2.24) is 5.32 Å². The van der Waals surface area contributed by atoms with E-state index in [2.05, 4.69) is 5.32 Å². The molecule has 0 atom stereocenters. The summed E-state index contributed by atoms with van der Waals surface area (Å²) in [6.07, 6.45) is -0.602. The van der Waals surface area contributed by atoms with E-state index < -0.39 is 11.7 Å². The first-order valence-corrected chi connectivity index (χ1v) is 7.00. The maximum atomic E-state index is 12.4. The second kappa shape index (κ2) is 8.15. The van der Waals surface area contributed by atoms with Crippen LogP contribution in [0.15, 0.2) is 24.3 Å². The van der Waals surface area contributed by atoms with Crippen molar-refractivity contribution in [3.05, 3.63) is 35.4 Å². The Kier molecular flexibility index (Phi) is 6.85. The molecule has 0 spiro atoms. The van der Waals surface area contributed by atoms with E-state index in [0.717, 1.165) is 37.8 Å². The highest BCUT2D eigenvalue weighted by atomic mass is 35.5. The number of hydrogen-bond donors (Lipinski definition) is 1. The zero-order valence-corrected chi connectivity index (χ0v) is 11.7. The Morgan fingerprint density at radius 1 is 1.05 bits per heavy atom. The molecule has 6 heteroatoms. The van der Waals surface area contributed by atoms with E-state index in [1.165, 1.54) is 12.1 Å². The van der Waals surface area contributed by atoms with Gasteiger partial charge in [0.2, 0.25) is 0 Å². The molecule has 0 radical (unpaired) electrons. The third-order valence-corrected chi connectivity index (χ3v) is 3.09. The Morgan fingerprint density at radius 3 is 2.20 bits per heavy atom. The minimum atomic E-state index is -4.38. The second-order valence-electron chi connectivity index (χ2n) is 4.43. The Hall–Kier alpha value is -1.23. The molecular weight excluding hydrogens is 291 g/mol. The smallest absolute Gasteiger partial charge is 0.352 e. The Morgan fingerprint density at radius 2 is 1.65 bits per heavy atom. The van der Waals surface area contributed by atoms with Crippen molar-refractivity contribution in [2.75, 3.05) is 12.4 Å². The number of amides is 1. The molecule has 1 N–H and O–H groups in total. The van der Waals surface area contributed by atoms with Crippen molar-refractivity contribution in [3.8, 4) is 0 Å². The summed E-state index contributed by atoms with van der Waals surface area (Å²) in [7, 11) is 0. The highest BCUT2D eigenvalue weighted by molar-refractivity contribution is 6.17. The predicted molar refractivity (Wildman–Crippen MR) is 73.0 cm³/mol. The minimum absolute atomic E-state index is 0.235. The number of unbranched alkanes of at least 4 members (excludes halogenated alkanes) is 3. The number of hydrogen-bond acceptors (Lipinski definition) is 1. The summed E-state index contributed by atoms with van der Waals surface area (Å²) in [5.41, 5.74) is -0.520. The molecule has 0 aliphatic rings. The van der Waals surface area contributed by atoms with Crippen LogP contribution in [0.3, 0.4) is 0 Å². The number of alkyl halides is 4. The van der Waals surface area contributed by atoms with Crippen LogP contribution in [-0.2, 0) is 6.18 Å². The maximum absolute atomic E-state index is 12.4. The molecule has 0 aliphatic carbocycles. The van der Waals surface area contributed by atoms with Crippen molar-refractivity contribution in [1.29, 1.82) is 0 Å². The molecule has 0 bridgehead atoms. The molecule has 0 fully saturated rings.